The van der Waals surface area contributed by atoms with E-state index in [0.29, 0.717) is 28.6 Å². The van der Waals surface area contributed by atoms with Crippen molar-refractivity contribution >= 4 is 22.6 Å². The van der Waals surface area contributed by atoms with Gasteiger partial charge in [0.1, 0.15) is 5.82 Å². The molecule has 0 bridgehead atoms. The molecule has 1 aliphatic rings. The zero-order valence-corrected chi connectivity index (χ0v) is 14.2. The van der Waals surface area contributed by atoms with Crippen molar-refractivity contribution in [2.75, 3.05) is 12.1 Å². The lowest BCUT2D eigenvalue weighted by molar-refractivity contribution is 0.102. The summed E-state index contributed by atoms with van der Waals surface area (Å²) in [4.78, 5) is 20.7. The van der Waals surface area contributed by atoms with Crippen molar-refractivity contribution in [2.45, 2.75) is 0 Å². The number of hydrogen-bond donors (Lipinski definition) is 2. The largest absolute Gasteiger partial charge is 0.454 e. The summed E-state index contributed by atoms with van der Waals surface area (Å²) in [5.41, 5.74) is 3.83. The van der Waals surface area contributed by atoms with Crippen LogP contribution in [0.1, 0.15) is 10.4 Å². The van der Waals surface area contributed by atoms with Gasteiger partial charge in [-0.3, -0.25) is 4.79 Å². The number of amides is 1. The van der Waals surface area contributed by atoms with Crippen LogP contribution in [0.15, 0.2) is 66.7 Å². The van der Waals surface area contributed by atoms with Crippen LogP contribution < -0.4 is 14.8 Å². The number of H-pyrrole nitrogens is 1. The van der Waals surface area contributed by atoms with Crippen molar-refractivity contribution in [3.63, 3.8) is 0 Å². The van der Waals surface area contributed by atoms with Gasteiger partial charge in [0.15, 0.2) is 11.5 Å². The number of hydrogen-bond acceptors (Lipinski definition) is 4. The molecule has 0 aliphatic carbocycles. The number of aromatic nitrogens is 2. The molecule has 6 heteroatoms. The summed E-state index contributed by atoms with van der Waals surface area (Å²) >= 11 is 0. The van der Waals surface area contributed by atoms with E-state index in [9.17, 15) is 4.79 Å². The zero-order chi connectivity index (χ0) is 18.2. The van der Waals surface area contributed by atoms with Crippen molar-refractivity contribution in [3.8, 4) is 22.9 Å². The van der Waals surface area contributed by atoms with Crippen molar-refractivity contribution in [1.82, 2.24) is 9.97 Å². The van der Waals surface area contributed by atoms with Crippen LogP contribution in [-0.4, -0.2) is 22.7 Å². The molecule has 1 aromatic heterocycles. The number of carbonyl (C=O) groups is 1. The second kappa shape index (κ2) is 6.17. The van der Waals surface area contributed by atoms with E-state index in [4.69, 9.17) is 9.47 Å². The molecular weight excluding hydrogens is 342 g/mol. The van der Waals surface area contributed by atoms with Gasteiger partial charge < -0.3 is 19.8 Å². The Balaban J connectivity index is 1.48. The molecule has 0 saturated carbocycles. The van der Waals surface area contributed by atoms with Crippen molar-refractivity contribution in [1.29, 1.82) is 0 Å². The third-order valence-corrected chi connectivity index (χ3v) is 4.45. The zero-order valence-electron chi connectivity index (χ0n) is 14.2. The molecule has 6 nitrogen and oxygen atoms in total. The minimum absolute atomic E-state index is 0.176. The van der Waals surface area contributed by atoms with Gasteiger partial charge >= 0.3 is 0 Å². The average molecular weight is 357 g/mol. The van der Waals surface area contributed by atoms with Crippen molar-refractivity contribution in [3.05, 3.63) is 72.3 Å². The molecular formula is C21H15N3O3. The third kappa shape index (κ3) is 2.77. The summed E-state index contributed by atoms with van der Waals surface area (Å²) in [6.45, 7) is 0.176. The van der Waals surface area contributed by atoms with Crippen molar-refractivity contribution in [2.24, 2.45) is 0 Å². The highest BCUT2D eigenvalue weighted by molar-refractivity contribution is 6.06. The van der Waals surface area contributed by atoms with Crippen LogP contribution in [0, 0.1) is 0 Å². The fourth-order valence-electron chi connectivity index (χ4n) is 3.11. The smallest absolute Gasteiger partial charge is 0.255 e. The second-order valence-electron chi connectivity index (χ2n) is 6.17. The van der Waals surface area contributed by atoms with Gasteiger partial charge in [-0.1, -0.05) is 24.3 Å². The maximum atomic E-state index is 12.7. The first-order valence-corrected chi connectivity index (χ1v) is 8.53. The summed E-state index contributed by atoms with van der Waals surface area (Å²) in [5.74, 6) is 1.71. The van der Waals surface area contributed by atoms with Crippen LogP contribution in [0.3, 0.4) is 0 Å². The predicted octanol–water partition coefficient (Wildman–Crippen LogP) is 4.21. The number of nitrogens with zero attached hydrogens (tertiary/aromatic N) is 1. The number of rotatable bonds is 3. The summed E-state index contributed by atoms with van der Waals surface area (Å²) < 4.78 is 10.6. The maximum Gasteiger partial charge on any atom is 0.255 e. The minimum Gasteiger partial charge on any atom is -0.454 e. The first-order chi connectivity index (χ1) is 13.3. The normalized spacial score (nSPS) is 12.3. The molecule has 1 amide bonds. The number of benzene rings is 3. The monoisotopic (exact) mass is 357 g/mol. The quantitative estimate of drug-likeness (QED) is 0.576. The fourth-order valence-corrected chi connectivity index (χ4v) is 3.11. The van der Waals surface area contributed by atoms with Crippen LogP contribution in [0.4, 0.5) is 5.69 Å². The van der Waals surface area contributed by atoms with Crippen LogP contribution in [0.25, 0.3) is 22.4 Å². The Kier molecular flexibility index (Phi) is 3.53. The Morgan fingerprint density at radius 2 is 1.78 bits per heavy atom. The lowest BCUT2D eigenvalue weighted by Crippen LogP contribution is -2.12. The van der Waals surface area contributed by atoms with Crippen LogP contribution in [0.5, 0.6) is 11.5 Å². The van der Waals surface area contributed by atoms with E-state index >= 15 is 0 Å². The number of anilines is 1. The van der Waals surface area contributed by atoms with Gasteiger partial charge in [0, 0.05) is 11.1 Å². The molecule has 0 spiro atoms. The van der Waals surface area contributed by atoms with E-state index in [-0.39, 0.29) is 12.7 Å². The molecule has 0 atom stereocenters. The lowest BCUT2D eigenvalue weighted by Gasteiger charge is -2.10. The summed E-state index contributed by atoms with van der Waals surface area (Å²) in [6.07, 6.45) is 0. The second-order valence-corrected chi connectivity index (χ2v) is 6.17. The van der Waals surface area contributed by atoms with Gasteiger partial charge in [0.05, 0.1) is 16.7 Å². The first-order valence-electron chi connectivity index (χ1n) is 8.53. The van der Waals surface area contributed by atoms with Crippen molar-refractivity contribution < 1.29 is 14.3 Å². The minimum atomic E-state index is -0.225. The molecule has 27 heavy (non-hydrogen) atoms. The van der Waals surface area contributed by atoms with E-state index in [2.05, 4.69) is 15.3 Å². The Morgan fingerprint density at radius 1 is 0.963 bits per heavy atom. The molecule has 0 saturated heterocycles. The van der Waals surface area contributed by atoms with Crippen LogP contribution in [-0.2, 0) is 0 Å². The number of nitrogens with one attached hydrogen (secondary N) is 2. The number of carbonyl (C=O) groups excluding carboxylic acids is 1. The van der Waals surface area contributed by atoms with Gasteiger partial charge in [-0.05, 0) is 42.5 Å². The van der Waals surface area contributed by atoms with E-state index in [0.717, 1.165) is 16.6 Å². The molecule has 0 radical (unpaired) electrons. The number of para-hydroxylation sites is 3. The fraction of sp³-hybridized carbons (Fsp3) is 0.0476. The van der Waals surface area contributed by atoms with E-state index in [1.807, 2.05) is 48.5 Å². The highest BCUT2D eigenvalue weighted by Crippen LogP contribution is 2.33. The van der Waals surface area contributed by atoms with Gasteiger partial charge in [-0.2, -0.15) is 0 Å². The van der Waals surface area contributed by atoms with E-state index in [1.165, 1.54) is 0 Å². The predicted molar refractivity (Wildman–Crippen MR) is 102 cm³/mol. The highest BCUT2D eigenvalue weighted by atomic mass is 16.7. The molecule has 0 fully saturated rings. The van der Waals surface area contributed by atoms with Gasteiger partial charge in [-0.25, -0.2) is 4.98 Å². The molecule has 2 N–H and O–H groups in total. The standard InChI is InChI=1S/C21H15N3O3/c25-21(13-9-10-18-19(11-13)27-12-26-18)24-15-6-2-1-5-14(15)20-22-16-7-3-4-8-17(16)23-20/h1-11H,12H2,(H,22,23)(H,24,25). The molecule has 1 aliphatic heterocycles. The summed E-state index contributed by atoms with van der Waals surface area (Å²) in [6, 6.07) is 20.5. The average Bonchev–Trinajstić information content (AvgIpc) is 3.34. The molecule has 0 unspecified atom stereocenters. The summed E-state index contributed by atoms with van der Waals surface area (Å²) in [5, 5.41) is 2.97. The lowest BCUT2D eigenvalue weighted by atomic mass is 10.1. The Labute approximate surface area is 154 Å². The Morgan fingerprint density at radius 3 is 2.70 bits per heavy atom. The SMILES string of the molecule is O=C(Nc1ccccc1-c1nc2ccccc2[nH]1)c1ccc2c(c1)OCO2. The molecule has 4 aromatic rings. The Hall–Kier alpha value is -3.80. The number of aromatic amines is 1. The van der Waals surface area contributed by atoms with Gasteiger partial charge in [0.25, 0.3) is 5.91 Å². The first kappa shape index (κ1) is 15.5. The highest BCUT2D eigenvalue weighted by Gasteiger charge is 2.17. The molecule has 5 rings (SSSR count). The molecule has 2 heterocycles. The van der Waals surface area contributed by atoms with Crippen LogP contribution >= 0.6 is 0 Å². The third-order valence-electron chi connectivity index (χ3n) is 4.45. The number of ether oxygens (including phenoxy) is 2. The maximum absolute atomic E-state index is 12.7. The van der Waals surface area contributed by atoms with Gasteiger partial charge in [-0.15, -0.1) is 0 Å². The number of imidazole rings is 1. The van der Waals surface area contributed by atoms with E-state index in [1.54, 1.807) is 18.2 Å². The summed E-state index contributed by atoms with van der Waals surface area (Å²) in [7, 11) is 0. The number of fused-ring (bicyclic) bond motifs is 2. The van der Waals surface area contributed by atoms with Crippen LogP contribution in [0.2, 0.25) is 0 Å². The van der Waals surface area contributed by atoms with E-state index < -0.39 is 0 Å². The Bertz CT molecular complexity index is 1130. The van der Waals surface area contributed by atoms with Gasteiger partial charge in [0.2, 0.25) is 6.79 Å². The molecule has 3 aromatic carbocycles. The molecule has 132 valence electrons. The topological polar surface area (TPSA) is 76.2 Å².